The zero-order chi connectivity index (χ0) is 17.4. The third-order valence-electron chi connectivity index (χ3n) is 4.43. The van der Waals surface area contributed by atoms with Gasteiger partial charge in [-0.2, -0.15) is 0 Å². The van der Waals surface area contributed by atoms with E-state index in [-0.39, 0.29) is 5.97 Å². The lowest BCUT2D eigenvalue weighted by Gasteiger charge is -2.30. The summed E-state index contributed by atoms with van der Waals surface area (Å²) in [7, 11) is 0. The van der Waals surface area contributed by atoms with Gasteiger partial charge in [0.25, 0.3) is 0 Å². The van der Waals surface area contributed by atoms with Crippen LogP contribution in [0.1, 0.15) is 54.4 Å². The standard InChI is InChI=1S/C21H32O2/c1-7-23-21(22)13-16(4)9-8-10-18(6)20-12-17(5)11-19(14-20)15(2)3/h8-10,12-13,15,17,19H,7,11,14H2,1-6H3/b9-8+,16-13+,18-10-/t17-,19-/m1/s1. The molecule has 0 spiro atoms. The third kappa shape index (κ3) is 7.02. The minimum Gasteiger partial charge on any atom is -0.463 e. The number of carbonyl (C=O) groups excluding carboxylic acids is 1. The molecule has 1 rings (SSSR count). The molecule has 0 aromatic carbocycles. The van der Waals surface area contributed by atoms with Crippen molar-refractivity contribution in [3.63, 3.8) is 0 Å². The van der Waals surface area contributed by atoms with Crippen LogP contribution in [-0.2, 0) is 9.53 Å². The summed E-state index contributed by atoms with van der Waals surface area (Å²) in [5, 5.41) is 0. The summed E-state index contributed by atoms with van der Waals surface area (Å²) >= 11 is 0. The van der Waals surface area contributed by atoms with Crippen molar-refractivity contribution in [1.82, 2.24) is 0 Å². The molecule has 1 aliphatic rings. The van der Waals surface area contributed by atoms with E-state index in [1.807, 2.05) is 26.0 Å². The highest BCUT2D eigenvalue weighted by Gasteiger charge is 2.22. The van der Waals surface area contributed by atoms with Crippen LogP contribution in [0.15, 0.2) is 47.1 Å². The molecule has 0 bridgehead atoms. The molecule has 0 amide bonds. The Morgan fingerprint density at radius 3 is 2.70 bits per heavy atom. The Hall–Kier alpha value is -1.57. The minimum absolute atomic E-state index is 0.279. The largest absolute Gasteiger partial charge is 0.463 e. The molecular formula is C21H32O2. The van der Waals surface area contributed by atoms with Crippen LogP contribution in [0.4, 0.5) is 0 Å². The van der Waals surface area contributed by atoms with Crippen molar-refractivity contribution in [2.75, 3.05) is 6.61 Å². The van der Waals surface area contributed by atoms with Crippen molar-refractivity contribution in [1.29, 1.82) is 0 Å². The van der Waals surface area contributed by atoms with Gasteiger partial charge >= 0.3 is 5.97 Å². The number of hydrogen-bond donors (Lipinski definition) is 0. The van der Waals surface area contributed by atoms with Gasteiger partial charge in [0.05, 0.1) is 6.61 Å². The molecular weight excluding hydrogens is 284 g/mol. The van der Waals surface area contributed by atoms with E-state index in [1.54, 1.807) is 0 Å². The summed E-state index contributed by atoms with van der Waals surface area (Å²) in [5.41, 5.74) is 3.69. The summed E-state index contributed by atoms with van der Waals surface area (Å²) in [5.74, 6) is 1.89. The maximum Gasteiger partial charge on any atom is 0.330 e. The summed E-state index contributed by atoms with van der Waals surface area (Å²) in [6.45, 7) is 13.3. The third-order valence-corrected chi connectivity index (χ3v) is 4.43. The molecule has 0 unspecified atom stereocenters. The Morgan fingerprint density at radius 1 is 1.39 bits per heavy atom. The van der Waals surface area contributed by atoms with Gasteiger partial charge in [0.15, 0.2) is 0 Å². The second kappa shape index (κ2) is 9.54. The average molecular weight is 316 g/mol. The molecule has 128 valence electrons. The van der Waals surface area contributed by atoms with Crippen LogP contribution >= 0.6 is 0 Å². The Bertz CT molecular complexity index is 518. The molecule has 2 atom stereocenters. The van der Waals surface area contributed by atoms with E-state index in [1.165, 1.54) is 30.1 Å². The maximum atomic E-state index is 11.4. The van der Waals surface area contributed by atoms with Gasteiger partial charge in [0.1, 0.15) is 0 Å². The molecule has 0 heterocycles. The fourth-order valence-electron chi connectivity index (χ4n) is 2.99. The fraction of sp³-hybridized carbons (Fsp3) is 0.571. The molecule has 2 nitrogen and oxygen atoms in total. The Labute approximate surface area is 142 Å². The lowest BCUT2D eigenvalue weighted by atomic mass is 9.76. The van der Waals surface area contributed by atoms with Gasteiger partial charge in [0, 0.05) is 6.08 Å². The van der Waals surface area contributed by atoms with E-state index in [4.69, 9.17) is 4.74 Å². The first-order valence-corrected chi connectivity index (χ1v) is 8.74. The highest BCUT2D eigenvalue weighted by Crippen LogP contribution is 2.35. The van der Waals surface area contributed by atoms with E-state index < -0.39 is 0 Å². The van der Waals surface area contributed by atoms with Crippen LogP contribution in [-0.4, -0.2) is 12.6 Å². The maximum absolute atomic E-state index is 11.4. The number of hydrogen-bond acceptors (Lipinski definition) is 2. The van der Waals surface area contributed by atoms with E-state index in [9.17, 15) is 4.79 Å². The van der Waals surface area contributed by atoms with Crippen LogP contribution in [0.5, 0.6) is 0 Å². The molecule has 23 heavy (non-hydrogen) atoms. The number of carbonyl (C=O) groups is 1. The van der Waals surface area contributed by atoms with Crippen molar-refractivity contribution < 1.29 is 9.53 Å². The van der Waals surface area contributed by atoms with Crippen LogP contribution < -0.4 is 0 Å². The van der Waals surface area contributed by atoms with Crippen molar-refractivity contribution in [2.24, 2.45) is 17.8 Å². The first kappa shape index (κ1) is 19.5. The molecule has 1 aliphatic carbocycles. The van der Waals surface area contributed by atoms with E-state index in [0.29, 0.717) is 12.5 Å². The quantitative estimate of drug-likeness (QED) is 0.361. The van der Waals surface area contributed by atoms with Crippen molar-refractivity contribution in [3.05, 3.63) is 47.1 Å². The molecule has 0 aromatic rings. The second-order valence-corrected chi connectivity index (χ2v) is 6.96. The predicted octanol–water partition coefficient (Wildman–Crippen LogP) is 5.63. The lowest BCUT2D eigenvalue weighted by molar-refractivity contribution is -0.137. The second-order valence-electron chi connectivity index (χ2n) is 6.96. The first-order chi connectivity index (χ1) is 10.8. The number of ether oxygens (including phenoxy) is 1. The fourth-order valence-corrected chi connectivity index (χ4v) is 2.99. The minimum atomic E-state index is -0.279. The van der Waals surface area contributed by atoms with Crippen molar-refractivity contribution >= 4 is 5.97 Å². The Kier molecular flexibility index (Phi) is 8.08. The SMILES string of the molecule is CCOC(=O)/C=C(C)/C=C/C=C(/C)C1=C[C@H](C)C[C@@H](C(C)C)C1. The van der Waals surface area contributed by atoms with Crippen molar-refractivity contribution in [2.45, 2.75) is 54.4 Å². The molecule has 0 saturated heterocycles. The molecule has 2 heteroatoms. The summed E-state index contributed by atoms with van der Waals surface area (Å²) in [4.78, 5) is 11.4. The summed E-state index contributed by atoms with van der Waals surface area (Å²) < 4.78 is 4.91. The van der Waals surface area contributed by atoms with E-state index in [2.05, 4.69) is 39.8 Å². The van der Waals surface area contributed by atoms with Crippen LogP contribution in [0.3, 0.4) is 0 Å². The molecule has 0 fully saturated rings. The molecule has 0 saturated carbocycles. The van der Waals surface area contributed by atoms with Gasteiger partial charge in [0.2, 0.25) is 0 Å². The van der Waals surface area contributed by atoms with Crippen molar-refractivity contribution in [3.8, 4) is 0 Å². The highest BCUT2D eigenvalue weighted by molar-refractivity contribution is 5.83. The van der Waals surface area contributed by atoms with Gasteiger partial charge in [-0.05, 0) is 68.1 Å². The van der Waals surface area contributed by atoms with Crippen LogP contribution in [0.25, 0.3) is 0 Å². The lowest BCUT2D eigenvalue weighted by Crippen LogP contribution is -2.18. The summed E-state index contributed by atoms with van der Waals surface area (Å²) in [6.07, 6.45) is 12.5. The van der Waals surface area contributed by atoms with Crippen LogP contribution in [0.2, 0.25) is 0 Å². The van der Waals surface area contributed by atoms with Gasteiger partial charge in [-0.15, -0.1) is 0 Å². The summed E-state index contributed by atoms with van der Waals surface area (Å²) in [6, 6.07) is 0. The molecule has 0 aromatic heterocycles. The highest BCUT2D eigenvalue weighted by atomic mass is 16.5. The topological polar surface area (TPSA) is 26.3 Å². The van der Waals surface area contributed by atoms with Gasteiger partial charge < -0.3 is 4.74 Å². The predicted molar refractivity (Wildman–Crippen MR) is 98.1 cm³/mol. The van der Waals surface area contributed by atoms with Gasteiger partial charge in [-0.25, -0.2) is 4.79 Å². The normalized spacial score (nSPS) is 23.3. The molecule has 0 aliphatic heterocycles. The van der Waals surface area contributed by atoms with Crippen LogP contribution in [0, 0.1) is 17.8 Å². The first-order valence-electron chi connectivity index (χ1n) is 8.74. The van der Waals surface area contributed by atoms with E-state index in [0.717, 1.165) is 17.4 Å². The van der Waals surface area contributed by atoms with E-state index >= 15 is 0 Å². The Morgan fingerprint density at radius 2 is 2.09 bits per heavy atom. The molecule has 0 N–H and O–H groups in total. The Balaban J connectivity index is 2.73. The number of rotatable bonds is 6. The zero-order valence-corrected chi connectivity index (χ0v) is 15.6. The average Bonchev–Trinajstić information content (AvgIpc) is 2.46. The molecule has 0 radical (unpaired) electrons. The number of esters is 1. The number of allylic oxidation sites excluding steroid dienone is 7. The monoisotopic (exact) mass is 316 g/mol. The smallest absolute Gasteiger partial charge is 0.330 e. The van der Waals surface area contributed by atoms with Gasteiger partial charge in [-0.1, -0.05) is 45.1 Å². The van der Waals surface area contributed by atoms with Gasteiger partial charge in [-0.3, -0.25) is 0 Å². The zero-order valence-electron chi connectivity index (χ0n) is 15.6.